The van der Waals surface area contributed by atoms with Crippen LogP contribution in [-0.4, -0.2) is 18.6 Å². The van der Waals surface area contributed by atoms with Crippen LogP contribution in [0.4, 0.5) is 0 Å². The lowest BCUT2D eigenvalue weighted by Crippen LogP contribution is -2.41. The average Bonchev–Trinajstić information content (AvgIpc) is 2.79. The molecule has 1 amide bonds. The molecule has 0 aliphatic heterocycles. The summed E-state index contributed by atoms with van der Waals surface area (Å²) in [4.78, 5) is 12.8. The molecule has 1 aliphatic carbocycles. The van der Waals surface area contributed by atoms with Crippen molar-refractivity contribution < 1.29 is 14.3 Å². The molecule has 2 aromatic carbocycles. The van der Waals surface area contributed by atoms with Crippen LogP contribution in [0, 0.1) is 17.2 Å². The fourth-order valence-corrected chi connectivity index (χ4v) is 4.74. The van der Waals surface area contributed by atoms with Gasteiger partial charge in [-0.2, -0.15) is 5.26 Å². The number of carbonyl (C=O) groups excluding carboxylic acids is 1. The van der Waals surface area contributed by atoms with Crippen molar-refractivity contribution in [1.29, 1.82) is 5.26 Å². The van der Waals surface area contributed by atoms with Crippen molar-refractivity contribution in [2.75, 3.05) is 6.61 Å². The van der Waals surface area contributed by atoms with Crippen LogP contribution < -0.4 is 14.8 Å². The second kappa shape index (κ2) is 12.2. The maximum Gasteiger partial charge on any atom is 0.262 e. The van der Waals surface area contributed by atoms with E-state index >= 15 is 0 Å². The van der Waals surface area contributed by atoms with Gasteiger partial charge in [0.05, 0.1) is 11.1 Å². The van der Waals surface area contributed by atoms with Crippen molar-refractivity contribution in [3.05, 3.63) is 62.0 Å². The van der Waals surface area contributed by atoms with E-state index in [9.17, 15) is 10.1 Å². The second-order valence-corrected chi connectivity index (χ2v) is 9.96. The van der Waals surface area contributed by atoms with E-state index in [1.165, 1.54) is 6.42 Å². The molecule has 0 saturated heterocycles. The summed E-state index contributed by atoms with van der Waals surface area (Å²) < 4.78 is 13.5. The van der Waals surface area contributed by atoms with E-state index in [0.29, 0.717) is 40.7 Å². The third-order valence-corrected chi connectivity index (χ3v) is 6.85. The largest absolute Gasteiger partial charge is 0.490 e. The highest BCUT2D eigenvalue weighted by Crippen LogP contribution is 2.38. The molecule has 0 heterocycles. The number of nitrogens with zero attached hydrogens (tertiary/aromatic N) is 1. The number of carbonyl (C=O) groups is 1. The molecular formula is C26H28Br2N2O3. The SMILES string of the molecule is CCOc1cc(/C=C(\C#N)C(=O)N[C@H]2CCCC[C@H]2C)cc(Br)c1OCc1ccc(Br)cc1. The van der Waals surface area contributed by atoms with Crippen LogP contribution in [0.2, 0.25) is 0 Å². The Kier molecular flexibility index (Phi) is 9.40. The van der Waals surface area contributed by atoms with E-state index < -0.39 is 0 Å². The van der Waals surface area contributed by atoms with Crippen LogP contribution in [0.5, 0.6) is 11.5 Å². The number of nitrogens with one attached hydrogen (secondary N) is 1. The zero-order valence-corrected chi connectivity index (χ0v) is 22.0. The Hall–Kier alpha value is -2.30. The molecule has 5 nitrogen and oxygen atoms in total. The van der Waals surface area contributed by atoms with Crippen LogP contribution in [0.3, 0.4) is 0 Å². The number of hydrogen-bond acceptors (Lipinski definition) is 4. The molecule has 7 heteroatoms. The number of rotatable bonds is 8. The number of amides is 1. The first-order valence-corrected chi connectivity index (χ1v) is 12.8. The van der Waals surface area contributed by atoms with Gasteiger partial charge >= 0.3 is 0 Å². The smallest absolute Gasteiger partial charge is 0.262 e. The van der Waals surface area contributed by atoms with Crippen molar-refractivity contribution in [2.24, 2.45) is 5.92 Å². The lowest BCUT2D eigenvalue weighted by Gasteiger charge is -2.29. The second-order valence-electron chi connectivity index (χ2n) is 8.19. The van der Waals surface area contributed by atoms with Crippen LogP contribution in [0.1, 0.15) is 50.7 Å². The normalized spacial score (nSPS) is 18.3. The van der Waals surface area contributed by atoms with Gasteiger partial charge in [-0.15, -0.1) is 0 Å². The number of hydrogen-bond donors (Lipinski definition) is 1. The summed E-state index contributed by atoms with van der Waals surface area (Å²) in [6, 6.07) is 13.7. The van der Waals surface area contributed by atoms with Crippen molar-refractivity contribution in [1.82, 2.24) is 5.32 Å². The van der Waals surface area contributed by atoms with E-state index in [-0.39, 0.29) is 17.5 Å². The van der Waals surface area contributed by atoms with E-state index in [4.69, 9.17) is 9.47 Å². The van der Waals surface area contributed by atoms with Crippen LogP contribution in [0.25, 0.3) is 6.08 Å². The van der Waals surface area contributed by atoms with Crippen LogP contribution in [-0.2, 0) is 11.4 Å². The Morgan fingerprint density at radius 3 is 2.58 bits per heavy atom. The summed E-state index contributed by atoms with van der Waals surface area (Å²) >= 11 is 7.00. The minimum Gasteiger partial charge on any atom is -0.490 e. The number of benzene rings is 2. The zero-order chi connectivity index (χ0) is 23.8. The first-order chi connectivity index (χ1) is 15.9. The molecule has 0 unspecified atom stereocenters. The Morgan fingerprint density at radius 2 is 1.91 bits per heavy atom. The molecule has 0 aromatic heterocycles. The van der Waals surface area contributed by atoms with Gasteiger partial charge < -0.3 is 14.8 Å². The summed E-state index contributed by atoms with van der Waals surface area (Å²) in [6.45, 7) is 4.89. The van der Waals surface area contributed by atoms with Crippen LogP contribution in [0.15, 0.2) is 50.9 Å². The van der Waals surface area contributed by atoms with E-state index in [1.54, 1.807) is 12.1 Å². The number of nitriles is 1. The van der Waals surface area contributed by atoms with Gasteiger partial charge in [0.1, 0.15) is 18.2 Å². The molecule has 1 saturated carbocycles. The third-order valence-electron chi connectivity index (χ3n) is 5.73. The predicted molar refractivity (Wildman–Crippen MR) is 137 cm³/mol. The summed E-state index contributed by atoms with van der Waals surface area (Å²) in [5, 5.41) is 12.7. The van der Waals surface area contributed by atoms with Crippen LogP contribution >= 0.6 is 31.9 Å². The molecule has 0 bridgehead atoms. The quantitative estimate of drug-likeness (QED) is 0.278. The standard InChI is InChI=1S/C26H28Br2N2O3/c1-3-32-24-14-19(12-20(15-29)26(31)30-23-7-5-4-6-17(23)2)13-22(28)25(24)33-16-18-8-10-21(27)11-9-18/h8-14,17,23H,3-7,16H2,1-2H3,(H,30,31)/b20-12+/t17-,23+/m1/s1. The van der Waals surface area contributed by atoms with Gasteiger partial charge in [-0.1, -0.05) is 47.8 Å². The number of halogens is 2. The monoisotopic (exact) mass is 574 g/mol. The summed E-state index contributed by atoms with van der Waals surface area (Å²) in [7, 11) is 0. The van der Waals surface area contributed by atoms with Gasteiger partial charge in [0.15, 0.2) is 11.5 Å². The van der Waals surface area contributed by atoms with E-state index in [0.717, 1.165) is 29.3 Å². The highest BCUT2D eigenvalue weighted by atomic mass is 79.9. The van der Waals surface area contributed by atoms with Gasteiger partial charge in [-0.05, 0) is 83.1 Å². The number of ether oxygens (including phenoxy) is 2. The topological polar surface area (TPSA) is 71.3 Å². The Bertz CT molecular complexity index is 1040. The highest BCUT2D eigenvalue weighted by Gasteiger charge is 2.24. The molecule has 1 aliphatic rings. The molecule has 3 rings (SSSR count). The first-order valence-electron chi connectivity index (χ1n) is 11.2. The van der Waals surface area contributed by atoms with Crippen molar-refractivity contribution in [2.45, 2.75) is 52.2 Å². The van der Waals surface area contributed by atoms with Crippen molar-refractivity contribution in [3.8, 4) is 17.6 Å². The predicted octanol–water partition coefficient (Wildman–Crippen LogP) is 6.79. The Balaban J connectivity index is 1.79. The van der Waals surface area contributed by atoms with Crippen molar-refractivity contribution >= 4 is 43.8 Å². The molecule has 2 atom stereocenters. The van der Waals surface area contributed by atoms with Gasteiger partial charge in [0.25, 0.3) is 5.91 Å². The molecule has 2 aromatic rings. The lowest BCUT2D eigenvalue weighted by atomic mass is 9.86. The zero-order valence-electron chi connectivity index (χ0n) is 18.9. The average molecular weight is 576 g/mol. The van der Waals surface area contributed by atoms with Gasteiger partial charge in [-0.3, -0.25) is 4.79 Å². The maximum atomic E-state index is 12.8. The fourth-order valence-electron chi connectivity index (χ4n) is 3.90. The van der Waals surface area contributed by atoms with Gasteiger partial charge in [-0.25, -0.2) is 0 Å². The van der Waals surface area contributed by atoms with Gasteiger partial charge in [0, 0.05) is 10.5 Å². The molecule has 0 radical (unpaired) electrons. The fraction of sp³-hybridized carbons (Fsp3) is 0.385. The summed E-state index contributed by atoms with van der Waals surface area (Å²) in [6.07, 6.45) is 5.94. The first kappa shape index (κ1) is 25.3. The van der Waals surface area contributed by atoms with Crippen molar-refractivity contribution in [3.63, 3.8) is 0 Å². The minimum atomic E-state index is -0.333. The van der Waals surface area contributed by atoms with E-state index in [2.05, 4.69) is 44.1 Å². The molecular weight excluding hydrogens is 548 g/mol. The highest BCUT2D eigenvalue weighted by molar-refractivity contribution is 9.10. The lowest BCUT2D eigenvalue weighted by molar-refractivity contribution is -0.118. The maximum absolute atomic E-state index is 12.8. The third kappa shape index (κ3) is 7.09. The summed E-state index contributed by atoms with van der Waals surface area (Å²) in [5.74, 6) is 1.22. The molecule has 1 N–H and O–H groups in total. The summed E-state index contributed by atoms with van der Waals surface area (Å²) in [5.41, 5.74) is 1.78. The van der Waals surface area contributed by atoms with Gasteiger partial charge in [0.2, 0.25) is 0 Å². The molecule has 174 valence electrons. The Morgan fingerprint density at radius 1 is 1.18 bits per heavy atom. The molecule has 33 heavy (non-hydrogen) atoms. The Labute approximate surface area is 212 Å². The van der Waals surface area contributed by atoms with E-state index in [1.807, 2.05) is 43.3 Å². The minimum absolute atomic E-state index is 0.0747. The molecule has 0 spiro atoms. The molecule has 1 fully saturated rings.